The van der Waals surface area contributed by atoms with E-state index in [0.717, 1.165) is 36.0 Å². The number of nitrogens with zero attached hydrogens (tertiary/aromatic N) is 6. The van der Waals surface area contributed by atoms with Crippen molar-refractivity contribution in [1.82, 2.24) is 24.6 Å². The van der Waals surface area contributed by atoms with Crippen LogP contribution in [0.4, 0.5) is 5.82 Å². The van der Waals surface area contributed by atoms with Crippen molar-refractivity contribution in [3.05, 3.63) is 65.2 Å². The molecule has 29 heavy (non-hydrogen) atoms. The molecule has 4 rings (SSSR count). The highest BCUT2D eigenvalue weighted by atomic mass is 35.5. The SMILES string of the molecule is Cc1ccn(-c2cc(N3CCN(C(=O)CCc4cccc(Cl)c4)CC3)ncn2)n1. The van der Waals surface area contributed by atoms with Gasteiger partial charge in [0.05, 0.1) is 5.69 Å². The molecule has 7 nitrogen and oxygen atoms in total. The van der Waals surface area contributed by atoms with E-state index in [1.807, 2.05) is 54.4 Å². The highest BCUT2D eigenvalue weighted by molar-refractivity contribution is 6.30. The number of anilines is 1. The first-order valence-electron chi connectivity index (χ1n) is 9.70. The molecular formula is C21H23ClN6O. The summed E-state index contributed by atoms with van der Waals surface area (Å²) in [5.41, 5.74) is 2.03. The maximum Gasteiger partial charge on any atom is 0.223 e. The second kappa shape index (κ2) is 8.61. The van der Waals surface area contributed by atoms with Crippen molar-refractivity contribution >= 4 is 23.3 Å². The summed E-state index contributed by atoms with van der Waals surface area (Å²) >= 11 is 6.02. The van der Waals surface area contributed by atoms with Gasteiger partial charge in [0, 0.05) is 49.9 Å². The second-order valence-corrected chi connectivity index (χ2v) is 7.57. The molecule has 0 unspecified atom stereocenters. The van der Waals surface area contributed by atoms with Gasteiger partial charge in [-0.15, -0.1) is 0 Å². The number of hydrogen-bond donors (Lipinski definition) is 0. The fraction of sp³-hybridized carbons (Fsp3) is 0.333. The third-order valence-corrected chi connectivity index (χ3v) is 5.30. The predicted octanol–water partition coefficient (Wildman–Crippen LogP) is 2.91. The van der Waals surface area contributed by atoms with E-state index < -0.39 is 0 Å². The topological polar surface area (TPSA) is 67.2 Å². The van der Waals surface area contributed by atoms with Crippen molar-refractivity contribution < 1.29 is 4.79 Å². The highest BCUT2D eigenvalue weighted by Crippen LogP contribution is 2.17. The molecule has 0 aliphatic carbocycles. The first-order valence-corrected chi connectivity index (χ1v) is 10.1. The quantitative estimate of drug-likeness (QED) is 0.647. The van der Waals surface area contributed by atoms with E-state index in [-0.39, 0.29) is 5.91 Å². The molecular weight excluding hydrogens is 388 g/mol. The lowest BCUT2D eigenvalue weighted by molar-refractivity contribution is -0.131. The van der Waals surface area contributed by atoms with E-state index in [2.05, 4.69) is 20.0 Å². The third-order valence-electron chi connectivity index (χ3n) is 5.07. The number of carbonyl (C=O) groups is 1. The van der Waals surface area contributed by atoms with Crippen LogP contribution in [-0.4, -0.2) is 56.7 Å². The summed E-state index contributed by atoms with van der Waals surface area (Å²) in [5.74, 6) is 1.78. The molecule has 0 spiro atoms. The number of piperazine rings is 1. The van der Waals surface area contributed by atoms with Crippen molar-refractivity contribution in [2.24, 2.45) is 0 Å². The van der Waals surface area contributed by atoms with Gasteiger partial charge in [-0.2, -0.15) is 5.10 Å². The number of amides is 1. The average Bonchev–Trinajstić information content (AvgIpc) is 3.19. The molecule has 0 atom stereocenters. The molecule has 2 aromatic heterocycles. The summed E-state index contributed by atoms with van der Waals surface area (Å²) in [5, 5.41) is 5.11. The Balaban J connectivity index is 1.33. The number of carbonyl (C=O) groups excluding carboxylic acids is 1. The Kier molecular flexibility index (Phi) is 5.76. The van der Waals surface area contributed by atoms with Crippen molar-refractivity contribution in [3.63, 3.8) is 0 Å². The number of aromatic nitrogens is 4. The molecule has 1 fully saturated rings. The Morgan fingerprint density at radius 2 is 1.86 bits per heavy atom. The lowest BCUT2D eigenvalue weighted by Crippen LogP contribution is -2.49. The van der Waals surface area contributed by atoms with Gasteiger partial charge in [0.15, 0.2) is 5.82 Å². The van der Waals surface area contributed by atoms with Crippen LogP contribution in [0.25, 0.3) is 5.82 Å². The van der Waals surface area contributed by atoms with E-state index >= 15 is 0 Å². The Labute approximate surface area is 174 Å². The van der Waals surface area contributed by atoms with Crippen LogP contribution in [0.3, 0.4) is 0 Å². The zero-order valence-corrected chi connectivity index (χ0v) is 17.1. The van der Waals surface area contributed by atoms with Gasteiger partial charge in [0.25, 0.3) is 0 Å². The summed E-state index contributed by atoms with van der Waals surface area (Å²) in [4.78, 5) is 25.4. The molecule has 0 saturated carbocycles. The van der Waals surface area contributed by atoms with Crippen LogP contribution in [0.2, 0.25) is 5.02 Å². The van der Waals surface area contributed by atoms with Gasteiger partial charge in [0.1, 0.15) is 12.1 Å². The molecule has 8 heteroatoms. The maximum absolute atomic E-state index is 12.6. The van der Waals surface area contributed by atoms with E-state index in [1.54, 1.807) is 11.0 Å². The number of hydrogen-bond acceptors (Lipinski definition) is 5. The van der Waals surface area contributed by atoms with E-state index in [9.17, 15) is 4.79 Å². The molecule has 1 aliphatic rings. The van der Waals surface area contributed by atoms with E-state index in [1.165, 1.54) is 0 Å². The second-order valence-electron chi connectivity index (χ2n) is 7.13. The summed E-state index contributed by atoms with van der Waals surface area (Å²) in [7, 11) is 0. The van der Waals surface area contributed by atoms with Crippen LogP contribution in [0.5, 0.6) is 0 Å². The van der Waals surface area contributed by atoms with Crippen LogP contribution in [0.1, 0.15) is 17.7 Å². The molecule has 1 aromatic carbocycles. The van der Waals surface area contributed by atoms with Crippen molar-refractivity contribution in [2.75, 3.05) is 31.1 Å². The fourth-order valence-corrected chi connectivity index (χ4v) is 3.68. The largest absolute Gasteiger partial charge is 0.353 e. The average molecular weight is 411 g/mol. The van der Waals surface area contributed by atoms with Gasteiger partial charge in [-0.1, -0.05) is 23.7 Å². The van der Waals surface area contributed by atoms with Gasteiger partial charge in [-0.05, 0) is 37.1 Å². The van der Waals surface area contributed by atoms with Crippen LogP contribution < -0.4 is 4.90 Å². The van der Waals surface area contributed by atoms with Gasteiger partial charge in [-0.3, -0.25) is 4.79 Å². The molecule has 3 aromatic rings. The van der Waals surface area contributed by atoms with Gasteiger partial charge in [-0.25, -0.2) is 14.6 Å². The maximum atomic E-state index is 12.6. The van der Waals surface area contributed by atoms with Crippen LogP contribution >= 0.6 is 11.6 Å². The highest BCUT2D eigenvalue weighted by Gasteiger charge is 2.22. The van der Waals surface area contributed by atoms with Crippen molar-refractivity contribution in [2.45, 2.75) is 19.8 Å². The first kappa shape index (κ1) is 19.4. The molecule has 1 amide bonds. The minimum Gasteiger partial charge on any atom is -0.353 e. The molecule has 0 radical (unpaired) electrons. The molecule has 0 N–H and O–H groups in total. The molecule has 0 bridgehead atoms. The van der Waals surface area contributed by atoms with Gasteiger partial charge < -0.3 is 9.80 Å². The van der Waals surface area contributed by atoms with Crippen molar-refractivity contribution in [3.8, 4) is 5.82 Å². The zero-order valence-electron chi connectivity index (χ0n) is 16.3. The normalized spacial score (nSPS) is 14.3. The van der Waals surface area contributed by atoms with Crippen LogP contribution in [0, 0.1) is 6.92 Å². The van der Waals surface area contributed by atoms with Gasteiger partial charge in [0.2, 0.25) is 5.91 Å². The lowest BCUT2D eigenvalue weighted by atomic mass is 10.1. The Morgan fingerprint density at radius 3 is 2.59 bits per heavy atom. The summed E-state index contributed by atoms with van der Waals surface area (Å²) in [6.45, 7) is 4.82. The molecule has 150 valence electrons. The summed E-state index contributed by atoms with van der Waals surface area (Å²) < 4.78 is 1.75. The number of halogens is 1. The molecule has 1 aliphatic heterocycles. The smallest absolute Gasteiger partial charge is 0.223 e. The van der Waals surface area contributed by atoms with Crippen molar-refractivity contribution in [1.29, 1.82) is 0 Å². The van der Waals surface area contributed by atoms with Crippen LogP contribution in [-0.2, 0) is 11.2 Å². The number of rotatable bonds is 5. The summed E-state index contributed by atoms with van der Waals surface area (Å²) in [6.07, 6.45) is 4.65. The number of benzene rings is 1. The van der Waals surface area contributed by atoms with Crippen LogP contribution in [0.15, 0.2) is 48.9 Å². The minimum atomic E-state index is 0.181. The lowest BCUT2D eigenvalue weighted by Gasteiger charge is -2.35. The minimum absolute atomic E-state index is 0.181. The number of aryl methyl sites for hydroxylation is 2. The molecule has 1 saturated heterocycles. The summed E-state index contributed by atoms with van der Waals surface area (Å²) in [6, 6.07) is 11.6. The predicted molar refractivity (Wildman–Crippen MR) is 112 cm³/mol. The van der Waals surface area contributed by atoms with Gasteiger partial charge >= 0.3 is 0 Å². The third kappa shape index (κ3) is 4.74. The Bertz CT molecular complexity index is 996. The van der Waals surface area contributed by atoms with E-state index in [4.69, 9.17) is 11.6 Å². The standard InChI is InChI=1S/C21H23ClN6O/c1-16-7-8-28(25-16)20-14-19(23-15-24-20)26-9-11-27(12-10-26)21(29)6-5-17-3-2-4-18(22)13-17/h2-4,7-8,13-15H,5-6,9-12H2,1H3. The van der Waals surface area contributed by atoms with E-state index in [0.29, 0.717) is 31.0 Å². The molecule has 3 heterocycles. The fourth-order valence-electron chi connectivity index (χ4n) is 3.46. The Morgan fingerprint density at radius 1 is 1.07 bits per heavy atom. The Hall–Kier alpha value is -2.93. The first-order chi connectivity index (χ1) is 14.1. The monoisotopic (exact) mass is 410 g/mol. The zero-order chi connectivity index (χ0) is 20.2.